The van der Waals surface area contributed by atoms with Gasteiger partial charge in [-0.25, -0.2) is 14.1 Å². The number of hydrogen-bond donors (Lipinski definition) is 1. The Labute approximate surface area is 221 Å². The average Bonchev–Trinajstić information content (AvgIpc) is 3.66. The second-order valence-corrected chi connectivity index (χ2v) is 11.7. The Bertz CT molecular complexity index is 1790. The minimum absolute atomic E-state index is 0.216. The van der Waals surface area contributed by atoms with Crippen LogP contribution in [0.3, 0.4) is 0 Å². The molecule has 0 aromatic carbocycles. The Morgan fingerprint density at radius 2 is 1.97 bits per heavy atom. The number of aromatic nitrogens is 7. The van der Waals surface area contributed by atoms with Crippen LogP contribution < -0.4 is 5.32 Å². The number of nitrogens with zero attached hydrogens (tertiary/aromatic N) is 7. The van der Waals surface area contributed by atoms with E-state index in [2.05, 4.69) is 70.9 Å². The molecular formula is C28H25FN8S. The van der Waals surface area contributed by atoms with Crippen LogP contribution >= 0.6 is 11.3 Å². The summed E-state index contributed by atoms with van der Waals surface area (Å²) in [4.78, 5) is 9.21. The molecule has 0 saturated heterocycles. The van der Waals surface area contributed by atoms with Crippen LogP contribution in [0, 0.1) is 5.41 Å². The monoisotopic (exact) mass is 524 g/mol. The number of nitrogens with one attached hydrogen (secondary N) is 1. The largest absolute Gasteiger partial charge is 0.314 e. The molecule has 0 amide bonds. The molecule has 6 aromatic heterocycles. The van der Waals surface area contributed by atoms with Gasteiger partial charge in [-0.15, -0.1) is 16.4 Å². The minimum atomic E-state index is -0.834. The molecule has 6 heterocycles. The smallest absolute Gasteiger partial charge is 0.137 e. The fraction of sp³-hybridized carbons (Fsp3) is 0.286. The zero-order chi connectivity index (χ0) is 25.3. The van der Waals surface area contributed by atoms with Gasteiger partial charge in [-0.3, -0.25) is 4.98 Å². The van der Waals surface area contributed by atoms with Crippen LogP contribution in [0.15, 0.2) is 72.2 Å². The molecule has 3 aliphatic carbocycles. The van der Waals surface area contributed by atoms with Crippen molar-refractivity contribution in [3.63, 3.8) is 0 Å². The predicted molar refractivity (Wildman–Crippen MR) is 144 cm³/mol. The van der Waals surface area contributed by atoms with E-state index in [0.717, 1.165) is 60.6 Å². The number of pyridine rings is 2. The quantitative estimate of drug-likeness (QED) is 0.302. The van der Waals surface area contributed by atoms with Gasteiger partial charge in [0, 0.05) is 59.6 Å². The molecule has 10 heteroatoms. The standard InChI is InChI=1S/C28H25FN8S/c29-28-15-27(16-28,17-28)18-31-6-19-1-2-26-32-22(10-35(26)9-19)11-36-12-24(33-34-36)21-5-23(8-30-7-21)37-4-3-20-13-38-14-25(20)37/h1-5,7-10,12-14,31H,6,11,15-18H2. The van der Waals surface area contributed by atoms with Crippen molar-refractivity contribution < 1.29 is 4.39 Å². The van der Waals surface area contributed by atoms with Gasteiger partial charge in [0.15, 0.2) is 0 Å². The number of halogens is 1. The van der Waals surface area contributed by atoms with E-state index in [1.807, 2.05) is 30.9 Å². The highest BCUT2D eigenvalue weighted by molar-refractivity contribution is 7.09. The van der Waals surface area contributed by atoms with Crippen LogP contribution in [-0.4, -0.2) is 46.1 Å². The first kappa shape index (κ1) is 22.1. The number of alkyl halides is 1. The normalized spacial score (nSPS) is 22.1. The van der Waals surface area contributed by atoms with E-state index in [1.54, 1.807) is 16.0 Å². The molecule has 0 radical (unpaired) electrons. The van der Waals surface area contributed by atoms with Crippen LogP contribution in [0.1, 0.15) is 30.5 Å². The summed E-state index contributed by atoms with van der Waals surface area (Å²) in [6, 6.07) is 8.33. The van der Waals surface area contributed by atoms with Crippen LogP contribution in [-0.2, 0) is 13.1 Å². The highest BCUT2D eigenvalue weighted by Gasteiger charge is 2.68. The van der Waals surface area contributed by atoms with Crippen molar-refractivity contribution in [2.24, 2.45) is 5.41 Å². The van der Waals surface area contributed by atoms with Crippen LogP contribution in [0.2, 0.25) is 0 Å². The van der Waals surface area contributed by atoms with E-state index in [4.69, 9.17) is 4.98 Å². The number of hydrogen-bond acceptors (Lipinski definition) is 6. The second kappa shape index (κ2) is 8.05. The maximum Gasteiger partial charge on any atom is 0.137 e. The first-order chi connectivity index (χ1) is 18.5. The third-order valence-electron chi connectivity index (χ3n) is 7.96. The lowest BCUT2D eigenvalue weighted by Crippen LogP contribution is -2.67. The molecule has 1 N–H and O–H groups in total. The minimum Gasteiger partial charge on any atom is -0.314 e. The fourth-order valence-corrected chi connectivity index (χ4v) is 7.04. The van der Waals surface area contributed by atoms with E-state index >= 15 is 0 Å². The summed E-state index contributed by atoms with van der Waals surface area (Å²) < 4.78 is 19.7. The van der Waals surface area contributed by atoms with Gasteiger partial charge in [-0.2, -0.15) is 0 Å². The molecule has 9 rings (SSSR count). The van der Waals surface area contributed by atoms with Crippen molar-refractivity contribution >= 4 is 27.9 Å². The Morgan fingerprint density at radius 1 is 1.05 bits per heavy atom. The van der Waals surface area contributed by atoms with Crippen LogP contribution in [0.25, 0.3) is 33.5 Å². The van der Waals surface area contributed by atoms with Crippen LogP contribution in [0.4, 0.5) is 4.39 Å². The molecule has 0 atom stereocenters. The lowest BCUT2D eigenvalue weighted by atomic mass is 9.42. The molecule has 6 aromatic rings. The number of fused-ring (bicyclic) bond motifs is 2. The molecule has 0 unspecified atom stereocenters. The van der Waals surface area contributed by atoms with Gasteiger partial charge in [-0.05, 0) is 48.4 Å². The third kappa shape index (κ3) is 3.66. The summed E-state index contributed by atoms with van der Waals surface area (Å²) in [5.41, 5.74) is 6.22. The Hall–Kier alpha value is -3.89. The second-order valence-electron chi connectivity index (χ2n) is 11.0. The van der Waals surface area contributed by atoms with Gasteiger partial charge < -0.3 is 14.3 Å². The molecule has 2 bridgehead atoms. The fourth-order valence-electron chi connectivity index (χ4n) is 6.25. The van der Waals surface area contributed by atoms with Gasteiger partial charge in [0.25, 0.3) is 0 Å². The number of rotatable bonds is 8. The summed E-state index contributed by atoms with van der Waals surface area (Å²) in [6.45, 7) is 2.18. The highest BCUT2D eigenvalue weighted by atomic mass is 32.1. The maximum absolute atomic E-state index is 13.7. The summed E-state index contributed by atoms with van der Waals surface area (Å²) in [5, 5.41) is 17.8. The zero-order valence-corrected chi connectivity index (χ0v) is 21.4. The van der Waals surface area contributed by atoms with Crippen molar-refractivity contribution in [3.05, 3.63) is 83.5 Å². The van der Waals surface area contributed by atoms with E-state index in [-0.39, 0.29) is 5.41 Å². The van der Waals surface area contributed by atoms with Gasteiger partial charge in [0.2, 0.25) is 0 Å². The van der Waals surface area contributed by atoms with Crippen molar-refractivity contribution in [1.82, 2.24) is 39.2 Å². The Kier molecular flexibility index (Phi) is 4.69. The summed E-state index contributed by atoms with van der Waals surface area (Å²) in [7, 11) is 0. The molecular weight excluding hydrogens is 499 g/mol. The maximum atomic E-state index is 13.7. The third-order valence-corrected chi connectivity index (χ3v) is 8.71. The first-order valence-electron chi connectivity index (χ1n) is 12.8. The van der Waals surface area contributed by atoms with E-state index in [9.17, 15) is 4.39 Å². The molecule has 8 nitrogen and oxygen atoms in total. The first-order valence-corrected chi connectivity index (χ1v) is 13.7. The van der Waals surface area contributed by atoms with Gasteiger partial charge in [0.1, 0.15) is 17.0 Å². The summed E-state index contributed by atoms with van der Waals surface area (Å²) in [5.74, 6) is 0. The number of imidazole rings is 1. The van der Waals surface area contributed by atoms with Crippen LogP contribution in [0.5, 0.6) is 0 Å². The molecule has 3 saturated carbocycles. The molecule has 38 heavy (non-hydrogen) atoms. The lowest BCUT2D eigenvalue weighted by Gasteiger charge is -2.66. The SMILES string of the molecule is FC12CC(CNCc3ccc4nc(Cn5cc(-c6cncc(-n7ccc8cscc87)c6)nn5)cn4c3)(C1)C2. The summed E-state index contributed by atoms with van der Waals surface area (Å²) >= 11 is 1.69. The van der Waals surface area contributed by atoms with Crippen molar-refractivity contribution in [1.29, 1.82) is 0 Å². The van der Waals surface area contributed by atoms with Crippen molar-refractivity contribution in [2.45, 2.75) is 38.0 Å². The highest BCUT2D eigenvalue weighted by Crippen LogP contribution is 2.69. The van der Waals surface area contributed by atoms with Gasteiger partial charge >= 0.3 is 0 Å². The van der Waals surface area contributed by atoms with Crippen molar-refractivity contribution in [3.8, 4) is 16.9 Å². The molecule has 190 valence electrons. The summed E-state index contributed by atoms with van der Waals surface area (Å²) in [6.07, 6.45) is 14.0. The average molecular weight is 525 g/mol. The molecule has 0 aliphatic heterocycles. The van der Waals surface area contributed by atoms with E-state index in [1.165, 1.54) is 16.5 Å². The number of thiophene rings is 1. The Morgan fingerprint density at radius 3 is 2.87 bits per heavy atom. The van der Waals surface area contributed by atoms with E-state index < -0.39 is 5.67 Å². The predicted octanol–water partition coefficient (Wildman–Crippen LogP) is 5.02. The zero-order valence-electron chi connectivity index (χ0n) is 20.6. The van der Waals surface area contributed by atoms with Crippen molar-refractivity contribution in [2.75, 3.05) is 6.54 Å². The van der Waals surface area contributed by atoms with E-state index in [0.29, 0.717) is 6.54 Å². The lowest BCUT2D eigenvalue weighted by molar-refractivity contribution is -0.209. The molecule has 0 spiro atoms. The molecule has 3 fully saturated rings. The van der Waals surface area contributed by atoms with Gasteiger partial charge in [0.05, 0.1) is 35.8 Å². The topological polar surface area (TPSA) is 77.9 Å². The van der Waals surface area contributed by atoms with Gasteiger partial charge in [-0.1, -0.05) is 11.3 Å². The Balaban J connectivity index is 0.961. The molecule has 3 aliphatic rings.